The van der Waals surface area contributed by atoms with Crippen molar-refractivity contribution in [2.75, 3.05) is 19.5 Å². The number of aliphatic hydroxyl groups is 3. The van der Waals surface area contributed by atoms with E-state index in [0.29, 0.717) is 12.8 Å². The average Bonchev–Trinajstić information content (AvgIpc) is 2.69. The molecule has 1 heterocycles. The van der Waals surface area contributed by atoms with Gasteiger partial charge >= 0.3 is 5.97 Å². The lowest BCUT2D eigenvalue weighted by Gasteiger charge is -2.71. The van der Waals surface area contributed by atoms with Crippen LogP contribution in [0, 0.1) is 16.7 Å². The second-order valence-corrected chi connectivity index (χ2v) is 15.9. The smallest absolute Gasteiger partial charge is 0.306 e. The monoisotopic (exact) mass is 500 g/mol. The topological polar surface area (TPSA) is 130 Å². The maximum Gasteiger partial charge on any atom is 0.306 e. The second kappa shape index (κ2) is 8.24. The van der Waals surface area contributed by atoms with Gasteiger partial charge in [-0.25, -0.2) is 0 Å². The summed E-state index contributed by atoms with van der Waals surface area (Å²) >= 11 is 0. The van der Waals surface area contributed by atoms with E-state index < -0.39 is 70.8 Å². The van der Waals surface area contributed by atoms with Crippen LogP contribution in [-0.2, 0) is 23.6 Å². The molecule has 0 bridgehead atoms. The number of rotatable bonds is 5. The molecule has 3 rings (SSSR count). The van der Waals surface area contributed by atoms with E-state index in [9.17, 15) is 29.5 Å². The summed E-state index contributed by atoms with van der Waals surface area (Å²) in [5, 5.41) is 35.3. The van der Waals surface area contributed by atoms with Crippen LogP contribution in [0.4, 0.5) is 0 Å². The van der Waals surface area contributed by atoms with Gasteiger partial charge < -0.3 is 29.4 Å². The molecule has 3 aliphatic rings. The molecule has 0 aromatic carbocycles. The van der Waals surface area contributed by atoms with Gasteiger partial charge in [-0.3, -0.25) is 9.59 Å². The summed E-state index contributed by atoms with van der Waals surface area (Å²) in [6.07, 6.45) is -1.66. The number of ketones is 1. The summed E-state index contributed by atoms with van der Waals surface area (Å²) in [6.45, 7) is 15.5. The lowest BCUT2D eigenvalue weighted by molar-refractivity contribution is -0.370. The fraction of sp³-hybridized carbons (Fsp3) is 0.840. The Balaban J connectivity index is 2.19. The van der Waals surface area contributed by atoms with Crippen molar-refractivity contribution in [1.29, 1.82) is 0 Å². The number of Topliss-reactive ketones (excluding diaryl/α,β-unsaturated/α-hetero) is 1. The Bertz CT molecular complexity index is 926. The van der Waals surface area contributed by atoms with E-state index in [2.05, 4.69) is 6.58 Å². The highest BCUT2D eigenvalue weighted by Crippen LogP contribution is 2.67. The molecule has 1 saturated heterocycles. The molecule has 2 saturated carbocycles. The third-order valence-electron chi connectivity index (χ3n) is 8.84. The van der Waals surface area contributed by atoms with Gasteiger partial charge in [0.15, 0.2) is 17.5 Å². The normalized spacial score (nSPS) is 46.2. The Hall–Kier alpha value is -1.05. The minimum absolute atomic E-state index is 0.130. The first-order valence-electron chi connectivity index (χ1n) is 12.0. The molecular weight excluding hydrogens is 459 g/mol. The van der Waals surface area contributed by atoms with Crippen LogP contribution in [0.3, 0.4) is 0 Å². The SMILES string of the molecule is C=C[C@@]1(C)CC(=O)[C@]2(O)[C@@]3(C)[C@@H](O)CCC(C)(C)[C@@H]3[C@H](O)[C@H](OC(=O)CCP(C)(C)=O)[C@@]2(C)O1. The average molecular weight is 501 g/mol. The summed E-state index contributed by atoms with van der Waals surface area (Å²) in [6, 6.07) is 0. The van der Waals surface area contributed by atoms with Gasteiger partial charge in [-0.05, 0) is 45.4 Å². The molecule has 0 unspecified atom stereocenters. The van der Waals surface area contributed by atoms with Crippen LogP contribution in [0.2, 0.25) is 0 Å². The van der Waals surface area contributed by atoms with Crippen LogP contribution >= 0.6 is 7.14 Å². The molecule has 9 heteroatoms. The standard InChI is InChI=1S/C25H41O8P/c1-9-22(4)14-16(27)25(30)23(5)15(26)10-12-21(2,3)19(23)18(29)20(24(25,6)33-22)32-17(28)11-13-34(7,8)31/h9,15,18-20,26,29-30H,1,10-14H2,2-8H3/t15-,18-,19-,20-,22-,23-,24+,25-/m0/s1. The number of esters is 1. The predicted octanol–water partition coefficient (Wildman–Crippen LogP) is 2.51. The molecule has 2 aliphatic carbocycles. The van der Waals surface area contributed by atoms with Crippen LogP contribution in [0.15, 0.2) is 12.7 Å². The maximum absolute atomic E-state index is 13.8. The first kappa shape index (κ1) is 27.5. The lowest BCUT2D eigenvalue weighted by atomic mass is 9.40. The molecule has 3 fully saturated rings. The van der Waals surface area contributed by atoms with Crippen LogP contribution < -0.4 is 0 Å². The van der Waals surface area contributed by atoms with Crippen LogP contribution in [0.5, 0.6) is 0 Å². The van der Waals surface area contributed by atoms with Gasteiger partial charge in [0.25, 0.3) is 0 Å². The number of aliphatic hydroxyl groups excluding tert-OH is 2. The minimum Gasteiger partial charge on any atom is -0.456 e. The Labute approximate surface area is 202 Å². The summed E-state index contributed by atoms with van der Waals surface area (Å²) in [7, 11) is -2.49. The van der Waals surface area contributed by atoms with Crippen molar-refractivity contribution in [3.63, 3.8) is 0 Å². The van der Waals surface area contributed by atoms with Crippen LogP contribution in [0.25, 0.3) is 0 Å². The number of fused-ring (bicyclic) bond motifs is 3. The van der Waals surface area contributed by atoms with E-state index in [1.807, 2.05) is 13.8 Å². The minimum atomic E-state index is -2.49. The molecule has 0 radical (unpaired) electrons. The Morgan fingerprint density at radius 3 is 2.35 bits per heavy atom. The highest BCUT2D eigenvalue weighted by Gasteiger charge is 2.81. The molecule has 0 aromatic heterocycles. The van der Waals surface area contributed by atoms with Gasteiger partial charge in [0.05, 0.1) is 31.4 Å². The van der Waals surface area contributed by atoms with Crippen molar-refractivity contribution in [2.24, 2.45) is 16.7 Å². The molecule has 0 spiro atoms. The largest absolute Gasteiger partial charge is 0.456 e. The molecule has 3 N–H and O–H groups in total. The van der Waals surface area contributed by atoms with Crippen LogP contribution in [-0.4, -0.2) is 81.7 Å². The summed E-state index contributed by atoms with van der Waals surface area (Å²) in [5.74, 6) is -2.02. The van der Waals surface area contributed by atoms with E-state index >= 15 is 0 Å². The van der Waals surface area contributed by atoms with Gasteiger partial charge in [-0.1, -0.05) is 26.8 Å². The molecule has 0 amide bonds. The molecule has 8 nitrogen and oxygen atoms in total. The number of hydrogen-bond acceptors (Lipinski definition) is 8. The van der Waals surface area contributed by atoms with Gasteiger partial charge in [-0.15, -0.1) is 6.58 Å². The van der Waals surface area contributed by atoms with Gasteiger partial charge in [0, 0.05) is 23.9 Å². The number of carbonyl (C=O) groups excluding carboxylic acids is 2. The molecule has 34 heavy (non-hydrogen) atoms. The lowest BCUT2D eigenvalue weighted by Crippen LogP contribution is -2.86. The molecular formula is C25H41O8P. The Morgan fingerprint density at radius 1 is 1.24 bits per heavy atom. The molecule has 194 valence electrons. The molecule has 8 atom stereocenters. The summed E-state index contributed by atoms with van der Waals surface area (Å²) in [5.41, 5.74) is -7.35. The zero-order chi connectivity index (χ0) is 26.1. The van der Waals surface area contributed by atoms with Crippen molar-refractivity contribution in [1.82, 2.24) is 0 Å². The third-order valence-corrected chi connectivity index (χ3v) is 10.1. The number of hydrogen-bond donors (Lipinski definition) is 3. The van der Waals surface area contributed by atoms with Crippen LogP contribution in [0.1, 0.15) is 60.3 Å². The number of ether oxygens (including phenoxy) is 2. The highest BCUT2D eigenvalue weighted by atomic mass is 31.2. The van der Waals surface area contributed by atoms with Crippen molar-refractivity contribution in [3.8, 4) is 0 Å². The van der Waals surface area contributed by atoms with E-state index in [1.54, 1.807) is 27.2 Å². The first-order chi connectivity index (χ1) is 15.3. The van der Waals surface area contributed by atoms with Gasteiger partial charge in [0.2, 0.25) is 0 Å². The van der Waals surface area contributed by atoms with Crippen molar-refractivity contribution in [3.05, 3.63) is 12.7 Å². The van der Waals surface area contributed by atoms with E-state index in [0.717, 1.165) is 0 Å². The zero-order valence-electron chi connectivity index (χ0n) is 21.5. The van der Waals surface area contributed by atoms with E-state index in [1.165, 1.54) is 13.0 Å². The Kier molecular flexibility index (Phi) is 6.67. The number of carbonyl (C=O) groups is 2. The predicted molar refractivity (Wildman–Crippen MR) is 128 cm³/mol. The maximum atomic E-state index is 13.8. The highest BCUT2D eigenvalue weighted by molar-refractivity contribution is 7.62. The van der Waals surface area contributed by atoms with E-state index in [4.69, 9.17) is 9.47 Å². The fourth-order valence-electron chi connectivity index (χ4n) is 7.04. The summed E-state index contributed by atoms with van der Waals surface area (Å²) < 4.78 is 24.3. The van der Waals surface area contributed by atoms with Crippen molar-refractivity contribution in [2.45, 2.75) is 95.4 Å². The summed E-state index contributed by atoms with van der Waals surface area (Å²) in [4.78, 5) is 26.7. The quantitative estimate of drug-likeness (QED) is 0.298. The Morgan fingerprint density at radius 2 is 1.82 bits per heavy atom. The second-order valence-electron chi connectivity index (χ2n) is 12.3. The van der Waals surface area contributed by atoms with E-state index in [-0.39, 0.29) is 19.0 Å². The molecule has 1 aliphatic heterocycles. The first-order valence-corrected chi connectivity index (χ1v) is 14.8. The van der Waals surface area contributed by atoms with Gasteiger partial charge in [-0.2, -0.15) is 0 Å². The zero-order valence-corrected chi connectivity index (χ0v) is 22.4. The van der Waals surface area contributed by atoms with Gasteiger partial charge in [0.1, 0.15) is 5.60 Å². The fourth-order valence-corrected chi connectivity index (χ4v) is 7.76. The van der Waals surface area contributed by atoms with Crippen molar-refractivity contribution >= 4 is 18.9 Å². The molecule has 0 aromatic rings. The van der Waals surface area contributed by atoms with Crippen molar-refractivity contribution < 1.29 is 38.9 Å². The third kappa shape index (κ3) is 3.85.